The van der Waals surface area contributed by atoms with E-state index in [1.54, 1.807) is 24.3 Å². The number of benzene rings is 3. The highest BCUT2D eigenvalue weighted by molar-refractivity contribution is 7.90. The Balaban J connectivity index is 1.75. The maximum absolute atomic E-state index is 13.9. The summed E-state index contributed by atoms with van der Waals surface area (Å²) in [6.45, 7) is 1.42. The number of carbonyl (C=O) groups excluding carboxylic acids is 1. The molecule has 0 saturated carbocycles. The fourth-order valence-electron chi connectivity index (χ4n) is 4.75. The number of hydrogen-bond acceptors (Lipinski definition) is 5. The molecule has 1 amide bonds. The van der Waals surface area contributed by atoms with Crippen LogP contribution < -0.4 is 20.1 Å². The lowest BCUT2D eigenvalue weighted by atomic mass is 9.72. The molecule has 4 rings (SSSR count). The van der Waals surface area contributed by atoms with Gasteiger partial charge in [0.25, 0.3) is 5.91 Å². The van der Waals surface area contributed by atoms with E-state index in [9.17, 15) is 13.2 Å². The molecule has 1 saturated heterocycles. The van der Waals surface area contributed by atoms with Crippen LogP contribution >= 0.6 is 0 Å². The number of hydrogen-bond donors (Lipinski definition) is 3. The Morgan fingerprint density at radius 2 is 1.54 bits per heavy atom. The van der Waals surface area contributed by atoms with Crippen LogP contribution in [0.3, 0.4) is 0 Å². The van der Waals surface area contributed by atoms with Crippen molar-refractivity contribution in [2.75, 3.05) is 20.2 Å². The van der Waals surface area contributed by atoms with Crippen LogP contribution in [-0.2, 0) is 22.0 Å². The molecule has 35 heavy (non-hydrogen) atoms. The average Bonchev–Trinajstić information content (AvgIpc) is 2.92. The highest BCUT2D eigenvalue weighted by atomic mass is 32.2. The Labute approximate surface area is 207 Å². The van der Waals surface area contributed by atoms with Gasteiger partial charge in [-0.2, -0.15) is 0 Å². The number of nitrogens with one attached hydrogen (secondary N) is 3. The first-order valence-corrected chi connectivity index (χ1v) is 13.2. The second-order valence-corrected chi connectivity index (χ2v) is 10.5. The lowest BCUT2D eigenvalue weighted by molar-refractivity contribution is 0.0922. The highest BCUT2D eigenvalue weighted by Crippen LogP contribution is 2.39. The first kappa shape index (κ1) is 24.9. The van der Waals surface area contributed by atoms with Gasteiger partial charge in [0.1, 0.15) is 5.75 Å². The van der Waals surface area contributed by atoms with Crippen molar-refractivity contribution in [1.82, 2.24) is 15.4 Å². The van der Waals surface area contributed by atoms with Crippen molar-refractivity contribution < 1.29 is 17.9 Å². The first-order valence-electron chi connectivity index (χ1n) is 11.7. The minimum Gasteiger partial charge on any atom is -0.496 e. The summed E-state index contributed by atoms with van der Waals surface area (Å²) in [6.07, 6.45) is 1.11. The average molecular weight is 494 g/mol. The highest BCUT2D eigenvalue weighted by Gasteiger charge is 2.49. The predicted octanol–water partition coefficient (Wildman–Crippen LogP) is 3.19. The van der Waals surface area contributed by atoms with Gasteiger partial charge in [-0.25, -0.2) is 13.1 Å². The van der Waals surface area contributed by atoms with Crippen molar-refractivity contribution in [3.63, 3.8) is 0 Å². The third-order valence-corrected chi connectivity index (χ3v) is 8.33. The van der Waals surface area contributed by atoms with Gasteiger partial charge in [-0.1, -0.05) is 72.8 Å². The summed E-state index contributed by atoms with van der Waals surface area (Å²) in [6, 6.07) is 25.8. The molecule has 1 fully saturated rings. The lowest BCUT2D eigenvalue weighted by Gasteiger charge is -2.44. The molecule has 1 aliphatic rings. The van der Waals surface area contributed by atoms with Crippen molar-refractivity contribution in [2.45, 2.75) is 30.2 Å². The zero-order valence-electron chi connectivity index (χ0n) is 19.7. The Morgan fingerprint density at radius 3 is 2.20 bits per heavy atom. The van der Waals surface area contributed by atoms with E-state index in [4.69, 9.17) is 4.74 Å². The number of ether oxygens (including phenoxy) is 1. The molecule has 1 aliphatic heterocycles. The van der Waals surface area contributed by atoms with Gasteiger partial charge in [-0.05, 0) is 49.2 Å². The van der Waals surface area contributed by atoms with Crippen LogP contribution in [-0.4, -0.2) is 39.9 Å². The summed E-state index contributed by atoms with van der Waals surface area (Å²) >= 11 is 0. The summed E-state index contributed by atoms with van der Waals surface area (Å²) in [4.78, 5) is 13.5. The third-order valence-electron chi connectivity index (χ3n) is 6.59. The summed E-state index contributed by atoms with van der Waals surface area (Å²) in [5, 5.41) is 5.03. The molecule has 1 heterocycles. The molecule has 7 nitrogen and oxygen atoms in total. The second-order valence-electron chi connectivity index (χ2n) is 8.68. The molecule has 0 radical (unpaired) electrons. The molecule has 1 atom stereocenters. The molecule has 0 aliphatic carbocycles. The van der Waals surface area contributed by atoms with Gasteiger partial charge in [0.2, 0.25) is 10.0 Å². The predicted molar refractivity (Wildman–Crippen MR) is 137 cm³/mol. The van der Waals surface area contributed by atoms with Gasteiger partial charge >= 0.3 is 0 Å². The minimum absolute atomic E-state index is 0.132. The van der Waals surface area contributed by atoms with E-state index in [0.29, 0.717) is 31.7 Å². The smallest absolute Gasteiger partial charge is 0.256 e. The zero-order chi connectivity index (χ0) is 24.7. The number of para-hydroxylation sites is 1. The standard InChI is InChI=1S/C27H31N3O4S/c1-34-24-15-9-8-14-23(24)25(31)30-26(35(32,33)29-20-21-10-4-2-5-11-21)27(16-18-28-19-17-27)22-12-6-3-7-13-22/h2-15,26,28-29H,16-20H2,1H3,(H,30,31). The van der Waals surface area contributed by atoms with E-state index < -0.39 is 26.7 Å². The van der Waals surface area contributed by atoms with Gasteiger partial charge < -0.3 is 15.4 Å². The molecule has 0 spiro atoms. The zero-order valence-corrected chi connectivity index (χ0v) is 20.6. The molecule has 184 valence electrons. The van der Waals surface area contributed by atoms with Crippen molar-refractivity contribution in [2.24, 2.45) is 0 Å². The van der Waals surface area contributed by atoms with Crippen LogP contribution in [0.15, 0.2) is 84.9 Å². The van der Waals surface area contributed by atoms with Crippen LogP contribution in [0.1, 0.15) is 34.3 Å². The van der Waals surface area contributed by atoms with Crippen molar-refractivity contribution in [3.8, 4) is 5.75 Å². The topological polar surface area (TPSA) is 96.5 Å². The Kier molecular flexibility index (Phi) is 7.85. The van der Waals surface area contributed by atoms with E-state index >= 15 is 0 Å². The Bertz CT molecular complexity index is 1230. The quantitative estimate of drug-likeness (QED) is 0.426. The lowest BCUT2D eigenvalue weighted by Crippen LogP contribution is -2.60. The van der Waals surface area contributed by atoms with E-state index in [2.05, 4.69) is 15.4 Å². The van der Waals surface area contributed by atoms with Gasteiger partial charge in [0.15, 0.2) is 5.37 Å². The van der Waals surface area contributed by atoms with Crippen LogP contribution in [0.2, 0.25) is 0 Å². The maximum Gasteiger partial charge on any atom is 0.256 e. The number of amides is 1. The number of methoxy groups -OCH3 is 1. The number of carbonyl (C=O) groups is 1. The first-order chi connectivity index (χ1) is 17.0. The molecular weight excluding hydrogens is 462 g/mol. The van der Waals surface area contributed by atoms with Gasteiger partial charge in [-0.3, -0.25) is 4.79 Å². The molecule has 8 heteroatoms. The summed E-state index contributed by atoms with van der Waals surface area (Å²) in [5.41, 5.74) is 1.20. The number of rotatable bonds is 9. The number of sulfonamides is 1. The van der Waals surface area contributed by atoms with E-state index in [1.165, 1.54) is 7.11 Å². The van der Waals surface area contributed by atoms with Gasteiger partial charge in [0, 0.05) is 12.0 Å². The molecule has 3 N–H and O–H groups in total. The molecular formula is C27H31N3O4S. The molecule has 3 aromatic carbocycles. The fourth-order valence-corrected chi connectivity index (χ4v) is 6.51. The fraction of sp³-hybridized carbons (Fsp3) is 0.296. The Morgan fingerprint density at radius 1 is 0.943 bits per heavy atom. The molecule has 0 aromatic heterocycles. The normalized spacial score (nSPS) is 16.3. The number of piperidine rings is 1. The maximum atomic E-state index is 13.9. The summed E-state index contributed by atoms with van der Waals surface area (Å²) in [5.74, 6) is -0.108. The van der Waals surface area contributed by atoms with Gasteiger partial charge in [0.05, 0.1) is 12.7 Å². The Hall–Kier alpha value is -3.20. The SMILES string of the molecule is COc1ccccc1C(=O)NC(C1(c2ccccc2)CCNCC1)S(=O)(=O)NCc1ccccc1. The monoisotopic (exact) mass is 493 g/mol. The van der Waals surface area contributed by atoms with Crippen LogP contribution in [0.25, 0.3) is 0 Å². The van der Waals surface area contributed by atoms with Crippen LogP contribution in [0, 0.1) is 0 Å². The molecule has 1 unspecified atom stereocenters. The van der Waals surface area contributed by atoms with Crippen LogP contribution in [0.4, 0.5) is 0 Å². The van der Waals surface area contributed by atoms with Crippen molar-refractivity contribution in [1.29, 1.82) is 0 Å². The van der Waals surface area contributed by atoms with E-state index in [-0.39, 0.29) is 12.1 Å². The summed E-state index contributed by atoms with van der Waals surface area (Å²) in [7, 11) is -2.51. The third kappa shape index (κ3) is 5.56. The van der Waals surface area contributed by atoms with Gasteiger partial charge in [-0.15, -0.1) is 0 Å². The van der Waals surface area contributed by atoms with E-state index in [0.717, 1.165) is 11.1 Å². The second kappa shape index (κ2) is 11.0. The molecule has 0 bridgehead atoms. The van der Waals surface area contributed by atoms with E-state index in [1.807, 2.05) is 60.7 Å². The van der Waals surface area contributed by atoms with Crippen molar-refractivity contribution >= 4 is 15.9 Å². The van der Waals surface area contributed by atoms with Crippen molar-refractivity contribution in [3.05, 3.63) is 102 Å². The summed E-state index contributed by atoms with van der Waals surface area (Å²) < 4.78 is 36.0. The minimum atomic E-state index is -4.00. The largest absolute Gasteiger partial charge is 0.496 e. The molecule has 3 aromatic rings. The van der Waals surface area contributed by atoms with Crippen LogP contribution in [0.5, 0.6) is 5.75 Å².